The van der Waals surface area contributed by atoms with Crippen molar-refractivity contribution in [1.82, 2.24) is 10.2 Å². The van der Waals surface area contributed by atoms with E-state index in [1.54, 1.807) is 18.2 Å². The molecule has 0 bridgehead atoms. The first-order valence-corrected chi connectivity index (χ1v) is 10.8. The Hall–Kier alpha value is -2.39. The summed E-state index contributed by atoms with van der Waals surface area (Å²) >= 11 is 6.49. The molecule has 31 heavy (non-hydrogen) atoms. The van der Waals surface area contributed by atoms with Crippen LogP contribution in [0.2, 0.25) is 5.02 Å². The summed E-state index contributed by atoms with van der Waals surface area (Å²) < 4.78 is 17.0. The van der Waals surface area contributed by atoms with Gasteiger partial charge < -0.3 is 19.5 Å². The molecule has 2 aromatic rings. The van der Waals surface area contributed by atoms with Gasteiger partial charge in [-0.3, -0.25) is 15.0 Å². The second kappa shape index (κ2) is 11.9. The van der Waals surface area contributed by atoms with E-state index in [1.807, 2.05) is 13.0 Å². The second-order valence-electron chi connectivity index (χ2n) is 7.17. The van der Waals surface area contributed by atoms with Crippen LogP contribution in [0.5, 0.6) is 11.5 Å². The summed E-state index contributed by atoms with van der Waals surface area (Å²) in [5.74, 6) is 1.17. The Morgan fingerprint density at radius 2 is 1.87 bits per heavy atom. The molecular formula is C22H28ClN3O5. The molecule has 1 saturated heterocycles. The minimum absolute atomic E-state index is 0.0484. The molecule has 0 saturated carbocycles. The first kappa shape index (κ1) is 23.3. The predicted molar refractivity (Wildman–Crippen MR) is 119 cm³/mol. The molecule has 0 amide bonds. The molecule has 1 heterocycles. The highest BCUT2D eigenvalue weighted by atomic mass is 35.5. The van der Waals surface area contributed by atoms with Crippen molar-refractivity contribution in [2.75, 3.05) is 46.0 Å². The van der Waals surface area contributed by atoms with Gasteiger partial charge >= 0.3 is 0 Å². The van der Waals surface area contributed by atoms with Crippen LogP contribution in [0.1, 0.15) is 18.1 Å². The molecule has 1 N–H and O–H groups in total. The molecule has 1 aliphatic rings. The van der Waals surface area contributed by atoms with E-state index in [9.17, 15) is 10.1 Å². The molecule has 0 aromatic heterocycles. The van der Waals surface area contributed by atoms with Gasteiger partial charge in [-0.1, -0.05) is 11.6 Å². The van der Waals surface area contributed by atoms with Gasteiger partial charge in [0.2, 0.25) is 0 Å². The van der Waals surface area contributed by atoms with Crippen LogP contribution in [0.3, 0.4) is 0 Å². The summed E-state index contributed by atoms with van der Waals surface area (Å²) in [6.07, 6.45) is 0. The van der Waals surface area contributed by atoms with Crippen LogP contribution in [0.25, 0.3) is 0 Å². The van der Waals surface area contributed by atoms with Crippen LogP contribution < -0.4 is 14.8 Å². The Balaban J connectivity index is 1.57. The van der Waals surface area contributed by atoms with E-state index >= 15 is 0 Å². The smallest absolute Gasteiger partial charge is 0.269 e. The number of rotatable bonds is 11. The normalized spacial score (nSPS) is 14.4. The van der Waals surface area contributed by atoms with Gasteiger partial charge in [-0.25, -0.2) is 0 Å². The van der Waals surface area contributed by atoms with E-state index in [0.29, 0.717) is 29.7 Å². The van der Waals surface area contributed by atoms with E-state index < -0.39 is 4.92 Å². The maximum absolute atomic E-state index is 10.8. The zero-order valence-electron chi connectivity index (χ0n) is 17.6. The van der Waals surface area contributed by atoms with Crippen LogP contribution >= 0.6 is 11.6 Å². The molecule has 1 aliphatic heterocycles. The number of hydrogen-bond acceptors (Lipinski definition) is 7. The Morgan fingerprint density at radius 1 is 1.16 bits per heavy atom. The van der Waals surface area contributed by atoms with E-state index in [-0.39, 0.29) is 12.3 Å². The molecule has 9 heteroatoms. The lowest BCUT2D eigenvalue weighted by molar-refractivity contribution is -0.384. The largest absolute Gasteiger partial charge is 0.490 e. The molecule has 0 unspecified atom stereocenters. The number of hydrogen-bond donors (Lipinski definition) is 1. The van der Waals surface area contributed by atoms with Crippen LogP contribution in [-0.4, -0.2) is 55.8 Å². The molecule has 2 aromatic carbocycles. The highest BCUT2D eigenvalue weighted by Gasteiger charge is 2.13. The number of benzene rings is 2. The number of morpholine rings is 1. The van der Waals surface area contributed by atoms with E-state index in [1.165, 1.54) is 12.1 Å². The predicted octanol–water partition coefficient (Wildman–Crippen LogP) is 3.65. The van der Waals surface area contributed by atoms with Gasteiger partial charge in [0.05, 0.1) is 24.7 Å². The summed E-state index contributed by atoms with van der Waals surface area (Å²) in [5.41, 5.74) is 1.81. The molecule has 0 aliphatic carbocycles. The summed E-state index contributed by atoms with van der Waals surface area (Å²) in [5, 5.41) is 14.8. The third-order valence-corrected chi connectivity index (χ3v) is 5.33. The zero-order valence-corrected chi connectivity index (χ0v) is 18.4. The van der Waals surface area contributed by atoms with Crippen LogP contribution in [0.15, 0.2) is 36.4 Å². The average Bonchev–Trinajstić information content (AvgIpc) is 2.78. The lowest BCUT2D eigenvalue weighted by atomic mass is 10.2. The lowest BCUT2D eigenvalue weighted by Gasteiger charge is -2.26. The van der Waals surface area contributed by atoms with E-state index in [2.05, 4.69) is 10.2 Å². The molecule has 0 spiro atoms. The van der Waals surface area contributed by atoms with Crippen LogP contribution in [-0.2, 0) is 17.9 Å². The minimum atomic E-state index is -0.425. The van der Waals surface area contributed by atoms with Crippen molar-refractivity contribution >= 4 is 17.3 Å². The van der Waals surface area contributed by atoms with Crippen molar-refractivity contribution in [1.29, 1.82) is 0 Å². The topological polar surface area (TPSA) is 86.1 Å². The van der Waals surface area contributed by atoms with Crippen molar-refractivity contribution in [2.45, 2.75) is 20.1 Å². The minimum Gasteiger partial charge on any atom is -0.490 e. The van der Waals surface area contributed by atoms with Crippen molar-refractivity contribution in [3.63, 3.8) is 0 Å². The lowest BCUT2D eigenvalue weighted by Crippen LogP contribution is -2.40. The van der Waals surface area contributed by atoms with E-state index in [4.69, 9.17) is 25.8 Å². The molecule has 0 radical (unpaired) electrons. The summed E-state index contributed by atoms with van der Waals surface area (Å²) in [6, 6.07) is 9.93. The molecule has 168 valence electrons. The quantitative estimate of drug-likeness (QED) is 0.318. The van der Waals surface area contributed by atoms with Gasteiger partial charge in [-0.2, -0.15) is 0 Å². The molecule has 3 rings (SSSR count). The Bertz CT molecular complexity index is 857. The summed E-state index contributed by atoms with van der Waals surface area (Å²) in [4.78, 5) is 12.7. The standard InChI is InChI=1S/C22H28ClN3O5/c1-2-30-21-13-18(15-24-7-8-25-9-11-29-12-10-25)20(23)14-22(21)31-16-17-3-5-19(6-4-17)26(27)28/h3-6,13-14,24H,2,7-12,15-16H2,1H3. The zero-order chi connectivity index (χ0) is 22.1. The van der Waals surface area contributed by atoms with Crippen molar-refractivity contribution in [2.24, 2.45) is 0 Å². The molecule has 0 atom stereocenters. The first-order valence-electron chi connectivity index (χ1n) is 10.4. The second-order valence-corrected chi connectivity index (χ2v) is 7.57. The van der Waals surface area contributed by atoms with Crippen molar-refractivity contribution in [3.8, 4) is 11.5 Å². The van der Waals surface area contributed by atoms with Crippen molar-refractivity contribution in [3.05, 3.63) is 62.7 Å². The van der Waals surface area contributed by atoms with Gasteiger partial charge in [-0.15, -0.1) is 0 Å². The number of halogens is 1. The maximum Gasteiger partial charge on any atom is 0.269 e. The number of nitrogens with zero attached hydrogens (tertiary/aromatic N) is 2. The van der Waals surface area contributed by atoms with Gasteiger partial charge in [0.25, 0.3) is 5.69 Å². The summed E-state index contributed by atoms with van der Waals surface area (Å²) in [6.45, 7) is 8.66. The molecule has 1 fully saturated rings. The van der Waals surface area contributed by atoms with E-state index in [0.717, 1.165) is 50.5 Å². The average molecular weight is 450 g/mol. The molecular weight excluding hydrogens is 422 g/mol. The van der Waals surface area contributed by atoms with Gasteiger partial charge in [0, 0.05) is 55.9 Å². The molecule has 8 nitrogen and oxygen atoms in total. The Labute approximate surface area is 187 Å². The Kier molecular flexibility index (Phi) is 8.90. The number of nitro benzene ring substituents is 1. The van der Waals surface area contributed by atoms with Crippen LogP contribution in [0.4, 0.5) is 5.69 Å². The third-order valence-electron chi connectivity index (χ3n) is 4.98. The van der Waals surface area contributed by atoms with Crippen LogP contribution in [0, 0.1) is 10.1 Å². The summed E-state index contributed by atoms with van der Waals surface area (Å²) in [7, 11) is 0. The van der Waals surface area contributed by atoms with Crippen molar-refractivity contribution < 1.29 is 19.1 Å². The fourth-order valence-corrected chi connectivity index (χ4v) is 3.47. The first-order chi connectivity index (χ1) is 15.1. The fourth-order valence-electron chi connectivity index (χ4n) is 3.25. The Morgan fingerprint density at radius 3 is 2.55 bits per heavy atom. The third kappa shape index (κ3) is 7.07. The maximum atomic E-state index is 10.8. The van der Waals surface area contributed by atoms with Gasteiger partial charge in [0.15, 0.2) is 11.5 Å². The highest BCUT2D eigenvalue weighted by molar-refractivity contribution is 6.31. The number of ether oxygens (including phenoxy) is 3. The SMILES string of the molecule is CCOc1cc(CNCCN2CCOCC2)c(Cl)cc1OCc1ccc([N+](=O)[O-])cc1. The number of nitrogens with one attached hydrogen (secondary N) is 1. The fraction of sp³-hybridized carbons (Fsp3) is 0.455. The van der Waals surface area contributed by atoms with Gasteiger partial charge in [-0.05, 0) is 36.2 Å². The number of nitro groups is 1. The van der Waals surface area contributed by atoms with Gasteiger partial charge in [0.1, 0.15) is 6.61 Å². The highest BCUT2D eigenvalue weighted by Crippen LogP contribution is 2.34. The monoisotopic (exact) mass is 449 g/mol. The number of non-ortho nitro benzene ring substituents is 1.